The van der Waals surface area contributed by atoms with E-state index in [0.717, 1.165) is 49.5 Å². The SMILES string of the molecule is COC(=O)C1=C(N)OC2=C(C(=O)CC(C)(C)C2)C1c1cc(CN2CCOCC2)c(C)cc1C. The van der Waals surface area contributed by atoms with Crippen molar-refractivity contribution in [1.82, 2.24) is 4.90 Å². The van der Waals surface area contributed by atoms with Crippen LogP contribution in [-0.4, -0.2) is 50.1 Å². The molecule has 1 aliphatic carbocycles. The van der Waals surface area contributed by atoms with Gasteiger partial charge in [0, 0.05) is 38.0 Å². The molecular weight excluding hydrogens is 420 g/mol. The lowest BCUT2D eigenvalue weighted by atomic mass is 9.69. The molecule has 4 rings (SSSR count). The van der Waals surface area contributed by atoms with E-state index >= 15 is 0 Å². The summed E-state index contributed by atoms with van der Waals surface area (Å²) in [6.07, 6.45) is 0.983. The molecule has 1 saturated heterocycles. The van der Waals surface area contributed by atoms with Crippen LogP contribution in [0.3, 0.4) is 0 Å². The van der Waals surface area contributed by atoms with Gasteiger partial charge in [0.2, 0.25) is 5.88 Å². The number of allylic oxidation sites excluding steroid dienone is 2. The van der Waals surface area contributed by atoms with E-state index in [2.05, 4.69) is 24.0 Å². The van der Waals surface area contributed by atoms with Crippen molar-refractivity contribution in [2.45, 2.75) is 53.0 Å². The van der Waals surface area contributed by atoms with Gasteiger partial charge in [-0.25, -0.2) is 4.79 Å². The Morgan fingerprint density at radius 1 is 1.18 bits per heavy atom. The summed E-state index contributed by atoms with van der Waals surface area (Å²) >= 11 is 0. The molecule has 0 bridgehead atoms. The molecule has 0 saturated carbocycles. The van der Waals surface area contributed by atoms with Crippen molar-refractivity contribution in [3.8, 4) is 0 Å². The summed E-state index contributed by atoms with van der Waals surface area (Å²) in [6, 6.07) is 4.26. The summed E-state index contributed by atoms with van der Waals surface area (Å²) in [5, 5.41) is 0. The number of carbonyl (C=O) groups is 2. The molecule has 1 atom stereocenters. The van der Waals surface area contributed by atoms with Gasteiger partial charge < -0.3 is 19.9 Å². The first kappa shape index (κ1) is 23.5. The Bertz CT molecular complexity index is 1050. The van der Waals surface area contributed by atoms with Crippen LogP contribution in [0.5, 0.6) is 0 Å². The monoisotopic (exact) mass is 454 g/mol. The lowest BCUT2D eigenvalue weighted by molar-refractivity contribution is -0.136. The van der Waals surface area contributed by atoms with Crippen molar-refractivity contribution in [3.05, 3.63) is 57.2 Å². The minimum absolute atomic E-state index is 0.00476. The van der Waals surface area contributed by atoms with Gasteiger partial charge in [0.05, 0.1) is 26.2 Å². The van der Waals surface area contributed by atoms with Gasteiger partial charge in [-0.15, -0.1) is 0 Å². The lowest BCUT2D eigenvalue weighted by Crippen LogP contribution is -2.36. The van der Waals surface area contributed by atoms with Gasteiger partial charge in [-0.1, -0.05) is 26.0 Å². The van der Waals surface area contributed by atoms with Crippen molar-refractivity contribution in [1.29, 1.82) is 0 Å². The fourth-order valence-electron chi connectivity index (χ4n) is 5.20. The maximum absolute atomic E-state index is 13.4. The van der Waals surface area contributed by atoms with Crippen LogP contribution in [0.1, 0.15) is 54.9 Å². The molecule has 7 nitrogen and oxygen atoms in total. The number of methoxy groups -OCH3 is 1. The van der Waals surface area contributed by atoms with E-state index in [1.165, 1.54) is 12.7 Å². The van der Waals surface area contributed by atoms with Gasteiger partial charge >= 0.3 is 5.97 Å². The third-order valence-corrected chi connectivity index (χ3v) is 6.89. The second-order valence-electron chi connectivity index (χ2n) is 10.1. The quantitative estimate of drug-likeness (QED) is 0.699. The van der Waals surface area contributed by atoms with E-state index in [-0.39, 0.29) is 22.7 Å². The topological polar surface area (TPSA) is 91.1 Å². The highest BCUT2D eigenvalue weighted by Crippen LogP contribution is 2.49. The van der Waals surface area contributed by atoms with Crippen LogP contribution >= 0.6 is 0 Å². The fourth-order valence-corrected chi connectivity index (χ4v) is 5.20. The molecule has 7 heteroatoms. The first-order valence-corrected chi connectivity index (χ1v) is 11.5. The zero-order chi connectivity index (χ0) is 23.9. The Morgan fingerprint density at radius 3 is 2.55 bits per heavy atom. The Kier molecular flexibility index (Phi) is 6.38. The van der Waals surface area contributed by atoms with Gasteiger partial charge in [0.1, 0.15) is 11.3 Å². The molecule has 0 aromatic heterocycles. The summed E-state index contributed by atoms with van der Waals surface area (Å²) in [5.74, 6) is -0.591. The summed E-state index contributed by atoms with van der Waals surface area (Å²) in [5.41, 5.74) is 11.0. The van der Waals surface area contributed by atoms with Crippen LogP contribution in [0.25, 0.3) is 0 Å². The average molecular weight is 455 g/mol. The second-order valence-corrected chi connectivity index (χ2v) is 10.1. The summed E-state index contributed by atoms with van der Waals surface area (Å²) in [4.78, 5) is 28.6. The molecule has 178 valence electrons. The average Bonchev–Trinajstić information content (AvgIpc) is 2.74. The summed E-state index contributed by atoms with van der Waals surface area (Å²) < 4.78 is 16.4. The molecule has 0 amide bonds. The van der Waals surface area contributed by atoms with E-state index in [1.807, 2.05) is 20.8 Å². The molecule has 1 aromatic carbocycles. The van der Waals surface area contributed by atoms with E-state index in [4.69, 9.17) is 19.9 Å². The van der Waals surface area contributed by atoms with Crippen LogP contribution in [0.2, 0.25) is 0 Å². The number of benzene rings is 1. The molecule has 1 unspecified atom stereocenters. The number of hydrogen-bond acceptors (Lipinski definition) is 7. The largest absolute Gasteiger partial charge is 0.465 e. The molecule has 2 N–H and O–H groups in total. The van der Waals surface area contributed by atoms with Crippen LogP contribution in [0, 0.1) is 19.3 Å². The predicted molar refractivity (Wildman–Crippen MR) is 124 cm³/mol. The zero-order valence-electron chi connectivity index (χ0n) is 20.2. The Balaban J connectivity index is 1.84. The molecule has 0 radical (unpaired) electrons. The van der Waals surface area contributed by atoms with Crippen LogP contribution in [0.15, 0.2) is 34.9 Å². The van der Waals surface area contributed by atoms with E-state index in [9.17, 15) is 9.59 Å². The predicted octanol–water partition coefficient (Wildman–Crippen LogP) is 3.24. The number of carbonyl (C=O) groups excluding carboxylic acids is 2. The number of Topliss-reactive ketones (excluding diaryl/α,β-unsaturated/α-hetero) is 1. The van der Waals surface area contributed by atoms with Gasteiger partial charge in [0.25, 0.3) is 0 Å². The standard InChI is InChI=1S/C26H34N2O5/c1-15-10-16(2)18(11-17(15)14-28-6-8-32-9-7-28)21-22-19(29)12-26(3,4)13-20(22)33-24(27)23(21)25(30)31-5/h10-11,21H,6-9,12-14,27H2,1-5H3. The van der Waals surface area contributed by atoms with Gasteiger partial charge in [-0.2, -0.15) is 0 Å². The van der Waals surface area contributed by atoms with Gasteiger partial charge in [-0.3, -0.25) is 9.69 Å². The van der Waals surface area contributed by atoms with Crippen molar-refractivity contribution < 1.29 is 23.8 Å². The van der Waals surface area contributed by atoms with Crippen molar-refractivity contribution in [2.24, 2.45) is 11.1 Å². The van der Waals surface area contributed by atoms with Crippen LogP contribution in [0.4, 0.5) is 0 Å². The van der Waals surface area contributed by atoms with Crippen molar-refractivity contribution in [3.63, 3.8) is 0 Å². The number of esters is 1. The number of ether oxygens (including phenoxy) is 3. The zero-order valence-corrected chi connectivity index (χ0v) is 20.2. The highest BCUT2D eigenvalue weighted by atomic mass is 16.5. The number of hydrogen-bond donors (Lipinski definition) is 1. The molecule has 0 spiro atoms. The Labute approximate surface area is 195 Å². The third kappa shape index (κ3) is 4.57. The second kappa shape index (κ2) is 8.95. The molecule has 1 fully saturated rings. The summed E-state index contributed by atoms with van der Waals surface area (Å²) in [7, 11) is 1.32. The molecule has 2 heterocycles. The number of rotatable bonds is 4. The first-order valence-electron chi connectivity index (χ1n) is 11.5. The van der Waals surface area contributed by atoms with Crippen molar-refractivity contribution in [2.75, 3.05) is 33.4 Å². The Hall–Kier alpha value is -2.64. The number of nitrogens with two attached hydrogens (primary N) is 1. The summed E-state index contributed by atoms with van der Waals surface area (Å²) in [6.45, 7) is 12.2. The highest BCUT2D eigenvalue weighted by molar-refractivity contribution is 6.03. The maximum Gasteiger partial charge on any atom is 0.340 e. The number of ketones is 1. The molecular formula is C26H34N2O5. The third-order valence-electron chi connectivity index (χ3n) is 6.89. The van der Waals surface area contributed by atoms with E-state index in [1.54, 1.807) is 0 Å². The van der Waals surface area contributed by atoms with Gasteiger partial charge in [-0.05, 0) is 41.5 Å². The van der Waals surface area contributed by atoms with E-state index < -0.39 is 11.9 Å². The fraction of sp³-hybridized carbons (Fsp3) is 0.538. The van der Waals surface area contributed by atoms with Crippen molar-refractivity contribution >= 4 is 11.8 Å². The normalized spacial score (nSPS) is 23.3. The maximum atomic E-state index is 13.4. The minimum atomic E-state index is -0.603. The number of nitrogens with zero attached hydrogens (tertiary/aromatic N) is 1. The Morgan fingerprint density at radius 2 is 1.88 bits per heavy atom. The van der Waals surface area contributed by atoms with Gasteiger partial charge in [0.15, 0.2) is 5.78 Å². The number of morpholine rings is 1. The van der Waals surface area contributed by atoms with Crippen LogP contribution in [-0.2, 0) is 30.3 Å². The molecule has 3 aliphatic rings. The van der Waals surface area contributed by atoms with E-state index in [0.29, 0.717) is 24.2 Å². The first-order chi connectivity index (χ1) is 15.6. The number of aryl methyl sites for hydroxylation is 2. The smallest absolute Gasteiger partial charge is 0.340 e. The highest BCUT2D eigenvalue weighted by Gasteiger charge is 2.45. The molecule has 33 heavy (non-hydrogen) atoms. The van der Waals surface area contributed by atoms with Crippen LogP contribution < -0.4 is 5.73 Å². The molecule has 2 aliphatic heterocycles. The minimum Gasteiger partial charge on any atom is -0.465 e. The molecule has 1 aromatic rings. The lowest BCUT2D eigenvalue weighted by Gasteiger charge is -2.38.